The Labute approximate surface area is 165 Å². The van der Waals surface area contributed by atoms with Crippen LogP contribution in [0.1, 0.15) is 10.4 Å². The Morgan fingerprint density at radius 3 is 2.90 bits per heavy atom. The number of alkyl halides is 2. The van der Waals surface area contributed by atoms with Crippen LogP contribution in [0.2, 0.25) is 0 Å². The maximum atomic E-state index is 13.0. The lowest BCUT2D eigenvalue weighted by atomic mass is 10.1. The Bertz CT molecular complexity index is 1370. The predicted octanol–water partition coefficient (Wildman–Crippen LogP) is 2.85. The SMILES string of the molecule is O=C(Nc1cn[nH]c1-c1cc2cn[nH]c2cc1OC(F)F)c1cnn2cccnc12. The summed E-state index contributed by atoms with van der Waals surface area (Å²) < 4.78 is 32.0. The molecule has 5 rings (SSSR count). The standard InChI is InChI=1S/C18H12F2N8O2/c19-18(20)30-14-5-12-9(6-22-26-12)4-10(14)15-13(8-23-27-15)25-17(29)11-7-24-28-3-1-2-21-16(11)28/h1-8,18H,(H,22,26)(H,23,27)(H,25,29). The van der Waals surface area contributed by atoms with E-state index in [2.05, 4.69) is 40.5 Å². The number of nitrogens with zero attached hydrogens (tertiary/aromatic N) is 5. The average Bonchev–Trinajstić information content (AvgIpc) is 3.45. The fourth-order valence-electron chi connectivity index (χ4n) is 3.12. The fraction of sp³-hybridized carbons (Fsp3) is 0.0556. The van der Waals surface area contributed by atoms with Crippen LogP contribution in [0.15, 0.2) is 49.2 Å². The molecular formula is C18H12F2N8O2. The number of hydrogen-bond donors (Lipinski definition) is 3. The summed E-state index contributed by atoms with van der Waals surface area (Å²) >= 11 is 0. The number of carbonyl (C=O) groups is 1. The first-order chi connectivity index (χ1) is 14.6. The lowest BCUT2D eigenvalue weighted by Crippen LogP contribution is -2.12. The minimum Gasteiger partial charge on any atom is -0.434 e. The Morgan fingerprint density at radius 2 is 2.03 bits per heavy atom. The van der Waals surface area contributed by atoms with Crippen molar-refractivity contribution in [2.24, 2.45) is 0 Å². The molecule has 4 heterocycles. The maximum Gasteiger partial charge on any atom is 0.387 e. The number of carbonyl (C=O) groups excluding carboxylic acids is 1. The number of fused-ring (bicyclic) bond motifs is 2. The van der Waals surface area contributed by atoms with Crippen LogP contribution in [0.3, 0.4) is 0 Å². The molecule has 10 nitrogen and oxygen atoms in total. The molecule has 30 heavy (non-hydrogen) atoms. The summed E-state index contributed by atoms with van der Waals surface area (Å²) in [7, 11) is 0. The Morgan fingerprint density at radius 1 is 1.17 bits per heavy atom. The molecule has 5 aromatic rings. The number of nitrogens with one attached hydrogen (secondary N) is 3. The van der Waals surface area contributed by atoms with Crippen molar-refractivity contribution >= 4 is 28.1 Å². The average molecular weight is 410 g/mol. The number of hydrogen-bond acceptors (Lipinski definition) is 6. The van der Waals surface area contributed by atoms with E-state index in [0.717, 1.165) is 0 Å². The van der Waals surface area contributed by atoms with Gasteiger partial charge in [0.1, 0.15) is 11.3 Å². The van der Waals surface area contributed by atoms with Gasteiger partial charge in [0, 0.05) is 29.4 Å². The summed E-state index contributed by atoms with van der Waals surface area (Å²) in [5.41, 5.74) is 2.01. The van der Waals surface area contributed by atoms with Gasteiger partial charge in [-0.05, 0) is 12.1 Å². The Balaban J connectivity index is 1.54. The van der Waals surface area contributed by atoms with Crippen molar-refractivity contribution in [2.45, 2.75) is 6.61 Å². The van der Waals surface area contributed by atoms with Gasteiger partial charge >= 0.3 is 6.61 Å². The van der Waals surface area contributed by atoms with E-state index >= 15 is 0 Å². The van der Waals surface area contributed by atoms with Crippen molar-refractivity contribution < 1.29 is 18.3 Å². The molecule has 0 aliphatic rings. The molecule has 4 aromatic heterocycles. The number of benzene rings is 1. The maximum absolute atomic E-state index is 13.0. The van der Waals surface area contributed by atoms with Crippen LogP contribution in [-0.4, -0.2) is 47.5 Å². The molecule has 0 atom stereocenters. The molecule has 0 aliphatic heterocycles. The van der Waals surface area contributed by atoms with E-state index in [1.807, 2.05) is 0 Å². The minimum absolute atomic E-state index is 0.0980. The largest absolute Gasteiger partial charge is 0.434 e. The zero-order valence-electron chi connectivity index (χ0n) is 15.0. The number of rotatable bonds is 5. The number of aromatic nitrogens is 7. The summed E-state index contributed by atoms with van der Waals surface area (Å²) in [6, 6.07) is 4.70. The molecule has 12 heteroatoms. The highest BCUT2D eigenvalue weighted by molar-refractivity contribution is 6.09. The van der Waals surface area contributed by atoms with Crippen LogP contribution in [0.4, 0.5) is 14.5 Å². The monoisotopic (exact) mass is 410 g/mol. The normalized spacial score (nSPS) is 11.4. The highest BCUT2D eigenvalue weighted by Crippen LogP contribution is 2.37. The quantitative estimate of drug-likeness (QED) is 0.409. The summed E-state index contributed by atoms with van der Waals surface area (Å²) in [6.45, 7) is -3.03. The van der Waals surface area contributed by atoms with Gasteiger partial charge in [0.05, 0.1) is 35.5 Å². The van der Waals surface area contributed by atoms with Crippen LogP contribution in [0.5, 0.6) is 5.75 Å². The Hall–Kier alpha value is -4.35. The molecule has 1 amide bonds. The molecule has 0 bridgehead atoms. The van der Waals surface area contributed by atoms with E-state index in [4.69, 9.17) is 0 Å². The van der Waals surface area contributed by atoms with Crippen molar-refractivity contribution in [3.05, 3.63) is 54.7 Å². The molecule has 1 aromatic carbocycles. The van der Waals surface area contributed by atoms with E-state index < -0.39 is 12.5 Å². The molecule has 0 unspecified atom stereocenters. The van der Waals surface area contributed by atoms with Crippen molar-refractivity contribution in [1.29, 1.82) is 0 Å². The number of H-pyrrole nitrogens is 2. The smallest absolute Gasteiger partial charge is 0.387 e. The van der Waals surface area contributed by atoms with Gasteiger partial charge in [-0.25, -0.2) is 9.50 Å². The number of anilines is 1. The highest BCUT2D eigenvalue weighted by Gasteiger charge is 2.21. The molecule has 0 radical (unpaired) electrons. The minimum atomic E-state index is -3.03. The van der Waals surface area contributed by atoms with E-state index in [1.54, 1.807) is 30.7 Å². The van der Waals surface area contributed by atoms with Crippen LogP contribution in [-0.2, 0) is 0 Å². The summed E-state index contributed by atoms with van der Waals surface area (Å²) in [5, 5.41) is 20.7. The number of halogens is 2. The van der Waals surface area contributed by atoms with Gasteiger partial charge in [-0.3, -0.25) is 15.0 Å². The van der Waals surface area contributed by atoms with Gasteiger partial charge in [0.2, 0.25) is 0 Å². The third-order valence-electron chi connectivity index (χ3n) is 4.44. The van der Waals surface area contributed by atoms with Gasteiger partial charge in [-0.2, -0.15) is 24.1 Å². The lowest BCUT2D eigenvalue weighted by Gasteiger charge is -2.12. The highest BCUT2D eigenvalue weighted by atomic mass is 19.3. The molecule has 150 valence electrons. The first-order valence-electron chi connectivity index (χ1n) is 8.65. The van der Waals surface area contributed by atoms with Crippen LogP contribution >= 0.6 is 0 Å². The molecule has 0 saturated heterocycles. The zero-order chi connectivity index (χ0) is 20.7. The number of amides is 1. The molecule has 3 N–H and O–H groups in total. The van der Waals surface area contributed by atoms with Crippen molar-refractivity contribution in [3.8, 4) is 17.0 Å². The van der Waals surface area contributed by atoms with E-state index in [1.165, 1.54) is 23.0 Å². The lowest BCUT2D eigenvalue weighted by molar-refractivity contribution is -0.0493. The van der Waals surface area contributed by atoms with Crippen LogP contribution in [0.25, 0.3) is 27.8 Å². The summed E-state index contributed by atoms with van der Waals surface area (Å²) in [4.78, 5) is 16.9. The van der Waals surface area contributed by atoms with Crippen molar-refractivity contribution in [3.63, 3.8) is 0 Å². The van der Waals surface area contributed by atoms with Crippen molar-refractivity contribution in [1.82, 2.24) is 35.0 Å². The molecule has 0 spiro atoms. The van der Waals surface area contributed by atoms with E-state index in [-0.39, 0.29) is 22.6 Å². The second kappa shape index (κ2) is 6.92. The summed E-state index contributed by atoms with van der Waals surface area (Å²) in [5.74, 6) is -0.578. The first kappa shape index (κ1) is 17.7. The third-order valence-corrected chi connectivity index (χ3v) is 4.44. The summed E-state index contributed by atoms with van der Waals surface area (Å²) in [6.07, 6.45) is 7.52. The van der Waals surface area contributed by atoms with Crippen LogP contribution in [0, 0.1) is 0 Å². The van der Waals surface area contributed by atoms with Gasteiger partial charge < -0.3 is 10.1 Å². The van der Waals surface area contributed by atoms with Gasteiger partial charge in [-0.15, -0.1) is 0 Å². The van der Waals surface area contributed by atoms with E-state index in [0.29, 0.717) is 22.2 Å². The number of ether oxygens (including phenoxy) is 1. The number of aromatic amines is 2. The molecular weight excluding hydrogens is 398 g/mol. The van der Waals surface area contributed by atoms with E-state index in [9.17, 15) is 13.6 Å². The second-order valence-corrected chi connectivity index (χ2v) is 6.24. The zero-order valence-corrected chi connectivity index (χ0v) is 15.0. The van der Waals surface area contributed by atoms with Gasteiger partial charge in [-0.1, -0.05) is 0 Å². The molecule has 0 saturated carbocycles. The van der Waals surface area contributed by atoms with Gasteiger partial charge in [0.25, 0.3) is 5.91 Å². The topological polar surface area (TPSA) is 126 Å². The third kappa shape index (κ3) is 2.99. The first-order valence-corrected chi connectivity index (χ1v) is 8.65. The molecule has 0 fully saturated rings. The fourth-order valence-corrected chi connectivity index (χ4v) is 3.12. The molecule has 0 aliphatic carbocycles. The second-order valence-electron chi connectivity index (χ2n) is 6.24. The predicted molar refractivity (Wildman–Crippen MR) is 101 cm³/mol. The van der Waals surface area contributed by atoms with Crippen LogP contribution < -0.4 is 10.1 Å². The van der Waals surface area contributed by atoms with Crippen molar-refractivity contribution in [2.75, 3.05) is 5.32 Å². The Kier molecular flexibility index (Phi) is 4.09. The van der Waals surface area contributed by atoms with Gasteiger partial charge in [0.15, 0.2) is 5.65 Å².